The first-order chi connectivity index (χ1) is 9.65. The van der Waals surface area contributed by atoms with Gasteiger partial charge < -0.3 is 15.8 Å². The summed E-state index contributed by atoms with van der Waals surface area (Å²) in [5.41, 5.74) is 5.65. The minimum atomic E-state index is -0.258. The number of nitrogens with one attached hydrogen (secondary N) is 1. The van der Waals surface area contributed by atoms with E-state index in [1.165, 1.54) is 25.7 Å². The van der Waals surface area contributed by atoms with Gasteiger partial charge in [0.2, 0.25) is 5.91 Å². The Morgan fingerprint density at radius 3 is 2.55 bits per heavy atom. The van der Waals surface area contributed by atoms with E-state index in [0.29, 0.717) is 6.54 Å². The third-order valence-electron chi connectivity index (χ3n) is 4.45. The topological polar surface area (TPSA) is 64.3 Å². The second-order valence-electron chi connectivity index (χ2n) is 6.11. The van der Waals surface area contributed by atoms with Gasteiger partial charge in [-0.15, -0.1) is 0 Å². The highest BCUT2D eigenvalue weighted by molar-refractivity contribution is 5.77. The Hall–Kier alpha value is -0.610. The second kappa shape index (κ2) is 9.35. The molecule has 1 aliphatic rings. The van der Waals surface area contributed by atoms with Crippen LogP contribution < -0.4 is 11.1 Å². The normalized spacial score (nSPS) is 26.4. The highest BCUT2D eigenvalue weighted by Crippen LogP contribution is 2.36. The Bertz CT molecular complexity index is 274. The monoisotopic (exact) mass is 284 g/mol. The van der Waals surface area contributed by atoms with E-state index in [4.69, 9.17) is 10.5 Å². The maximum atomic E-state index is 11.7. The average Bonchev–Trinajstić information content (AvgIpc) is 2.47. The van der Waals surface area contributed by atoms with Gasteiger partial charge in [-0.2, -0.15) is 0 Å². The molecule has 0 saturated heterocycles. The molecule has 3 N–H and O–H groups in total. The van der Waals surface area contributed by atoms with Crippen LogP contribution in [0.2, 0.25) is 0 Å². The quantitative estimate of drug-likeness (QED) is 0.640. The molecule has 0 unspecified atom stereocenters. The standard InChI is InChI=1S/C16H32N2O2/c1-3-5-11-18-15(19)12-20-16(13-17)9-7-14(6-4-2)8-10-16/h14H,3-13,17H2,1-2H3,(H,18,19). The third kappa shape index (κ3) is 5.80. The Morgan fingerprint density at radius 1 is 1.30 bits per heavy atom. The van der Waals surface area contributed by atoms with Crippen molar-refractivity contribution in [2.24, 2.45) is 11.7 Å². The molecule has 1 amide bonds. The number of nitrogens with two attached hydrogens (primary N) is 1. The fourth-order valence-electron chi connectivity index (χ4n) is 2.98. The summed E-state index contributed by atoms with van der Waals surface area (Å²) in [5, 5.41) is 2.89. The van der Waals surface area contributed by atoms with Crippen LogP contribution in [0.25, 0.3) is 0 Å². The van der Waals surface area contributed by atoms with Gasteiger partial charge >= 0.3 is 0 Å². The molecular weight excluding hydrogens is 252 g/mol. The highest BCUT2D eigenvalue weighted by atomic mass is 16.5. The number of rotatable bonds is 9. The Kier molecular flexibility index (Phi) is 8.15. The summed E-state index contributed by atoms with van der Waals surface area (Å²) in [7, 11) is 0. The van der Waals surface area contributed by atoms with E-state index in [-0.39, 0.29) is 18.1 Å². The number of amides is 1. The van der Waals surface area contributed by atoms with Crippen LogP contribution in [0.3, 0.4) is 0 Å². The first-order valence-electron chi connectivity index (χ1n) is 8.26. The molecule has 0 aliphatic heterocycles. The fourth-order valence-corrected chi connectivity index (χ4v) is 2.98. The lowest BCUT2D eigenvalue weighted by Gasteiger charge is -2.39. The maximum absolute atomic E-state index is 11.7. The summed E-state index contributed by atoms with van der Waals surface area (Å²) >= 11 is 0. The maximum Gasteiger partial charge on any atom is 0.246 e. The van der Waals surface area contributed by atoms with Crippen molar-refractivity contribution in [2.75, 3.05) is 19.7 Å². The second-order valence-corrected chi connectivity index (χ2v) is 6.11. The SMILES string of the molecule is CCCCNC(=O)COC1(CN)CCC(CCC)CC1. The lowest BCUT2D eigenvalue weighted by molar-refractivity contribution is -0.136. The van der Waals surface area contributed by atoms with E-state index in [1.54, 1.807) is 0 Å². The van der Waals surface area contributed by atoms with E-state index in [9.17, 15) is 4.79 Å². The summed E-state index contributed by atoms with van der Waals surface area (Å²) < 4.78 is 5.90. The van der Waals surface area contributed by atoms with Crippen LogP contribution in [0, 0.1) is 5.92 Å². The third-order valence-corrected chi connectivity index (χ3v) is 4.45. The van der Waals surface area contributed by atoms with E-state index in [0.717, 1.165) is 38.1 Å². The molecule has 1 saturated carbocycles. The number of hydrogen-bond donors (Lipinski definition) is 2. The van der Waals surface area contributed by atoms with E-state index >= 15 is 0 Å². The number of ether oxygens (including phenoxy) is 1. The van der Waals surface area contributed by atoms with Crippen molar-refractivity contribution >= 4 is 5.91 Å². The molecule has 0 aromatic rings. The molecule has 4 heteroatoms. The summed E-state index contributed by atoms with van der Waals surface area (Å²) in [6.07, 6.45) is 9.02. The Labute approximate surface area is 123 Å². The smallest absolute Gasteiger partial charge is 0.246 e. The van der Waals surface area contributed by atoms with Crippen molar-refractivity contribution in [3.05, 3.63) is 0 Å². The molecule has 0 spiro atoms. The van der Waals surface area contributed by atoms with Crippen molar-refractivity contribution < 1.29 is 9.53 Å². The van der Waals surface area contributed by atoms with Crippen LogP contribution in [-0.2, 0) is 9.53 Å². The average molecular weight is 284 g/mol. The van der Waals surface area contributed by atoms with Gasteiger partial charge in [0.25, 0.3) is 0 Å². The van der Waals surface area contributed by atoms with Gasteiger partial charge in [-0.25, -0.2) is 0 Å². The van der Waals surface area contributed by atoms with Crippen LogP contribution in [0.4, 0.5) is 0 Å². The molecule has 0 atom stereocenters. The van der Waals surface area contributed by atoms with Crippen LogP contribution in [0.15, 0.2) is 0 Å². The van der Waals surface area contributed by atoms with E-state index in [2.05, 4.69) is 19.2 Å². The molecule has 1 rings (SSSR count). The molecule has 4 nitrogen and oxygen atoms in total. The lowest BCUT2D eigenvalue weighted by atomic mass is 9.77. The zero-order chi connectivity index (χ0) is 14.8. The van der Waals surface area contributed by atoms with Gasteiger partial charge in [0.1, 0.15) is 6.61 Å². The molecule has 1 aliphatic carbocycles. The Morgan fingerprint density at radius 2 is 2.00 bits per heavy atom. The van der Waals surface area contributed by atoms with Crippen molar-refractivity contribution in [3.8, 4) is 0 Å². The number of carbonyl (C=O) groups excluding carboxylic acids is 1. The van der Waals surface area contributed by atoms with E-state index < -0.39 is 0 Å². The van der Waals surface area contributed by atoms with Crippen LogP contribution in [0.5, 0.6) is 0 Å². The van der Waals surface area contributed by atoms with Gasteiger partial charge in [0.15, 0.2) is 0 Å². The number of hydrogen-bond acceptors (Lipinski definition) is 3. The number of unbranched alkanes of at least 4 members (excludes halogenated alkanes) is 1. The zero-order valence-corrected chi connectivity index (χ0v) is 13.2. The van der Waals surface area contributed by atoms with Crippen LogP contribution in [0.1, 0.15) is 65.2 Å². The first kappa shape index (κ1) is 17.4. The molecule has 0 radical (unpaired) electrons. The van der Waals surface area contributed by atoms with Crippen molar-refractivity contribution in [2.45, 2.75) is 70.8 Å². The molecule has 0 bridgehead atoms. The molecule has 0 heterocycles. The van der Waals surface area contributed by atoms with Gasteiger partial charge in [-0.3, -0.25) is 4.79 Å². The predicted molar refractivity (Wildman–Crippen MR) is 82.5 cm³/mol. The summed E-state index contributed by atoms with van der Waals surface area (Å²) in [6, 6.07) is 0. The molecule has 0 aromatic heterocycles. The van der Waals surface area contributed by atoms with Crippen molar-refractivity contribution in [1.82, 2.24) is 5.32 Å². The van der Waals surface area contributed by atoms with Gasteiger partial charge in [-0.05, 0) is 38.0 Å². The first-order valence-corrected chi connectivity index (χ1v) is 8.26. The van der Waals surface area contributed by atoms with Crippen molar-refractivity contribution in [3.63, 3.8) is 0 Å². The minimum Gasteiger partial charge on any atom is -0.364 e. The van der Waals surface area contributed by atoms with E-state index in [1.807, 2.05) is 0 Å². The Balaban J connectivity index is 2.30. The molecule has 1 fully saturated rings. The fraction of sp³-hybridized carbons (Fsp3) is 0.938. The summed E-state index contributed by atoms with van der Waals surface area (Å²) in [4.78, 5) is 11.7. The highest BCUT2D eigenvalue weighted by Gasteiger charge is 2.35. The van der Waals surface area contributed by atoms with Crippen molar-refractivity contribution in [1.29, 1.82) is 0 Å². The molecule has 0 aromatic carbocycles. The van der Waals surface area contributed by atoms with Crippen LogP contribution in [-0.4, -0.2) is 31.2 Å². The molecular formula is C16H32N2O2. The summed E-state index contributed by atoms with van der Waals surface area (Å²) in [5.74, 6) is 0.809. The minimum absolute atomic E-state index is 0.0121. The van der Waals surface area contributed by atoms with Gasteiger partial charge in [-0.1, -0.05) is 33.1 Å². The zero-order valence-electron chi connectivity index (χ0n) is 13.2. The largest absolute Gasteiger partial charge is 0.364 e. The molecule has 118 valence electrons. The molecule has 20 heavy (non-hydrogen) atoms. The van der Waals surface area contributed by atoms with Crippen LogP contribution >= 0.6 is 0 Å². The predicted octanol–water partition coefficient (Wildman–Crippen LogP) is 2.61. The van der Waals surface area contributed by atoms with Gasteiger partial charge in [0, 0.05) is 13.1 Å². The van der Waals surface area contributed by atoms with Gasteiger partial charge in [0.05, 0.1) is 5.60 Å². The summed E-state index contributed by atoms with van der Waals surface area (Å²) in [6.45, 7) is 5.77. The lowest BCUT2D eigenvalue weighted by Crippen LogP contribution is -2.46. The number of carbonyl (C=O) groups is 1.